The lowest BCUT2D eigenvalue weighted by Crippen LogP contribution is -2.15. The summed E-state index contributed by atoms with van der Waals surface area (Å²) in [5.74, 6) is 1.51. The van der Waals surface area contributed by atoms with E-state index in [0.717, 1.165) is 23.0 Å². The molecule has 0 amide bonds. The summed E-state index contributed by atoms with van der Waals surface area (Å²) in [5.41, 5.74) is 0.799. The molecule has 1 aliphatic carbocycles. The Hall–Kier alpha value is -0.630. The lowest BCUT2D eigenvalue weighted by atomic mass is 10.3. The Bertz CT molecular complexity index is 631. The number of H-pyrrole nitrogens is 1. The Morgan fingerprint density at radius 3 is 2.88 bits per heavy atom. The van der Waals surface area contributed by atoms with Gasteiger partial charge in [0.2, 0.25) is 0 Å². The lowest BCUT2D eigenvalue weighted by Gasteiger charge is -2.04. The summed E-state index contributed by atoms with van der Waals surface area (Å²) in [4.78, 5) is 19.1. The monoisotopic (exact) mass is 406 g/mol. The van der Waals surface area contributed by atoms with Crippen LogP contribution in [0.4, 0.5) is 0 Å². The fourth-order valence-corrected chi connectivity index (χ4v) is 2.76. The Balaban J connectivity index is 2.18. The van der Waals surface area contributed by atoms with Crippen molar-refractivity contribution in [2.45, 2.75) is 18.8 Å². The van der Waals surface area contributed by atoms with E-state index in [0.29, 0.717) is 21.1 Å². The van der Waals surface area contributed by atoms with E-state index in [9.17, 15) is 4.79 Å². The minimum Gasteiger partial charge on any atom is -0.460 e. The predicted molar refractivity (Wildman–Crippen MR) is 75.0 cm³/mol. The van der Waals surface area contributed by atoms with Gasteiger partial charge < -0.3 is 9.40 Å². The molecule has 2 aromatic heterocycles. The van der Waals surface area contributed by atoms with Crippen molar-refractivity contribution >= 4 is 38.5 Å². The van der Waals surface area contributed by atoms with Gasteiger partial charge in [0.25, 0.3) is 5.56 Å². The summed E-state index contributed by atoms with van der Waals surface area (Å²) in [6.07, 6.45) is 3.80. The summed E-state index contributed by atoms with van der Waals surface area (Å²) in [7, 11) is 0. The largest absolute Gasteiger partial charge is 0.460 e. The summed E-state index contributed by atoms with van der Waals surface area (Å²) >= 11 is 5.42. The SMILES string of the molecule is O=c1[nH]c(-c2occc2Br)nc(C2CC2)c1I. The van der Waals surface area contributed by atoms with Gasteiger partial charge >= 0.3 is 0 Å². The molecule has 1 fully saturated rings. The number of rotatable bonds is 2. The van der Waals surface area contributed by atoms with Crippen LogP contribution in [-0.2, 0) is 0 Å². The van der Waals surface area contributed by atoms with Gasteiger partial charge in [-0.25, -0.2) is 4.98 Å². The fraction of sp³-hybridized carbons (Fsp3) is 0.273. The summed E-state index contributed by atoms with van der Waals surface area (Å²) < 4.78 is 6.80. The van der Waals surface area contributed by atoms with E-state index in [-0.39, 0.29) is 5.56 Å². The highest BCUT2D eigenvalue weighted by atomic mass is 127. The van der Waals surface area contributed by atoms with Crippen LogP contribution < -0.4 is 5.56 Å². The number of hydrogen-bond donors (Lipinski definition) is 1. The first-order valence-electron chi connectivity index (χ1n) is 5.20. The quantitative estimate of drug-likeness (QED) is 0.778. The summed E-state index contributed by atoms with van der Waals surface area (Å²) in [5, 5.41) is 0. The van der Waals surface area contributed by atoms with Crippen molar-refractivity contribution in [1.29, 1.82) is 0 Å². The van der Waals surface area contributed by atoms with E-state index >= 15 is 0 Å². The molecule has 4 nitrogen and oxygen atoms in total. The normalized spacial score (nSPS) is 15.2. The smallest absolute Gasteiger partial charge is 0.264 e. The molecule has 1 N–H and O–H groups in total. The second-order valence-electron chi connectivity index (χ2n) is 3.99. The van der Waals surface area contributed by atoms with Crippen molar-refractivity contribution in [3.63, 3.8) is 0 Å². The third-order valence-electron chi connectivity index (χ3n) is 2.68. The maximum Gasteiger partial charge on any atom is 0.264 e. The molecule has 0 radical (unpaired) electrons. The van der Waals surface area contributed by atoms with Crippen LogP contribution in [0.5, 0.6) is 0 Å². The molecule has 1 aliphatic rings. The second kappa shape index (κ2) is 4.24. The molecule has 0 aromatic carbocycles. The minimum atomic E-state index is -0.0965. The Morgan fingerprint density at radius 1 is 1.53 bits per heavy atom. The topological polar surface area (TPSA) is 58.9 Å². The van der Waals surface area contributed by atoms with Gasteiger partial charge in [0.05, 0.1) is 16.4 Å². The predicted octanol–water partition coefficient (Wildman–Crippen LogP) is 3.27. The van der Waals surface area contributed by atoms with Gasteiger partial charge in [-0.05, 0) is 57.4 Å². The van der Waals surface area contributed by atoms with Gasteiger partial charge in [0.15, 0.2) is 11.6 Å². The summed E-state index contributed by atoms with van der Waals surface area (Å²) in [6.45, 7) is 0. The molecule has 0 spiro atoms. The molecule has 0 aliphatic heterocycles. The zero-order valence-electron chi connectivity index (χ0n) is 8.67. The molecular weight excluding hydrogens is 399 g/mol. The number of nitrogens with one attached hydrogen (secondary N) is 1. The molecule has 1 saturated carbocycles. The zero-order valence-corrected chi connectivity index (χ0v) is 12.4. The number of furan rings is 1. The number of aromatic amines is 1. The highest BCUT2D eigenvalue weighted by Gasteiger charge is 2.29. The van der Waals surface area contributed by atoms with Gasteiger partial charge in [-0.2, -0.15) is 0 Å². The number of hydrogen-bond acceptors (Lipinski definition) is 3. The van der Waals surface area contributed by atoms with Crippen molar-refractivity contribution in [2.24, 2.45) is 0 Å². The van der Waals surface area contributed by atoms with Crippen molar-refractivity contribution < 1.29 is 4.42 Å². The van der Waals surface area contributed by atoms with Gasteiger partial charge in [-0.1, -0.05) is 0 Å². The molecule has 88 valence electrons. The average molecular weight is 407 g/mol. The third-order valence-corrected chi connectivity index (χ3v) is 4.35. The van der Waals surface area contributed by atoms with E-state index in [1.165, 1.54) is 0 Å². The standard InChI is InChI=1S/C11H8BrIN2O2/c12-6-3-4-17-9(6)10-14-8(5-1-2-5)7(13)11(16)15-10/h3-5H,1-2H2,(H,14,15,16). The third kappa shape index (κ3) is 2.08. The molecule has 0 atom stereocenters. The van der Waals surface area contributed by atoms with Gasteiger partial charge in [0.1, 0.15) is 3.57 Å². The summed E-state index contributed by atoms with van der Waals surface area (Å²) in [6, 6.07) is 1.78. The number of aromatic nitrogens is 2. The van der Waals surface area contributed by atoms with Gasteiger partial charge in [0, 0.05) is 5.92 Å². The van der Waals surface area contributed by atoms with Crippen LogP contribution in [0, 0.1) is 3.57 Å². The molecule has 2 heterocycles. The van der Waals surface area contributed by atoms with E-state index in [1.807, 2.05) is 0 Å². The van der Waals surface area contributed by atoms with Crippen LogP contribution >= 0.6 is 38.5 Å². The molecule has 6 heteroatoms. The Kier molecular flexibility index (Phi) is 2.86. The molecule has 17 heavy (non-hydrogen) atoms. The van der Waals surface area contributed by atoms with Crippen molar-refractivity contribution in [1.82, 2.24) is 9.97 Å². The highest BCUT2D eigenvalue weighted by Crippen LogP contribution is 2.40. The van der Waals surface area contributed by atoms with Crippen LogP contribution in [0.2, 0.25) is 0 Å². The van der Waals surface area contributed by atoms with Crippen LogP contribution in [0.3, 0.4) is 0 Å². The minimum absolute atomic E-state index is 0.0965. The van der Waals surface area contributed by atoms with Crippen molar-refractivity contribution in [3.8, 4) is 11.6 Å². The van der Waals surface area contributed by atoms with Crippen molar-refractivity contribution in [3.05, 3.63) is 36.4 Å². The molecular formula is C11H8BrIN2O2. The first-order valence-corrected chi connectivity index (χ1v) is 7.07. The molecule has 2 aromatic rings. The number of halogens is 2. The molecule has 3 rings (SSSR count). The van der Waals surface area contributed by atoms with Gasteiger partial charge in [-0.3, -0.25) is 4.79 Å². The van der Waals surface area contributed by atoms with E-state index in [2.05, 4.69) is 48.5 Å². The van der Waals surface area contributed by atoms with E-state index in [4.69, 9.17) is 4.42 Å². The fourth-order valence-electron chi connectivity index (χ4n) is 1.67. The first kappa shape index (κ1) is 11.5. The molecule has 0 bridgehead atoms. The first-order chi connectivity index (χ1) is 8.16. The van der Waals surface area contributed by atoms with Crippen LogP contribution in [0.25, 0.3) is 11.6 Å². The average Bonchev–Trinajstić information content (AvgIpc) is 3.05. The molecule has 0 saturated heterocycles. The zero-order chi connectivity index (χ0) is 12.0. The maximum atomic E-state index is 11.8. The Morgan fingerprint density at radius 2 is 2.29 bits per heavy atom. The second-order valence-corrected chi connectivity index (χ2v) is 5.92. The van der Waals surface area contributed by atoms with Crippen LogP contribution in [-0.4, -0.2) is 9.97 Å². The van der Waals surface area contributed by atoms with Crippen molar-refractivity contribution in [2.75, 3.05) is 0 Å². The lowest BCUT2D eigenvalue weighted by molar-refractivity contribution is 0.575. The molecule has 0 unspecified atom stereocenters. The van der Waals surface area contributed by atoms with Crippen LogP contribution in [0.1, 0.15) is 24.5 Å². The van der Waals surface area contributed by atoms with Crippen LogP contribution in [0.15, 0.2) is 26.0 Å². The van der Waals surface area contributed by atoms with E-state index < -0.39 is 0 Å². The van der Waals surface area contributed by atoms with E-state index in [1.54, 1.807) is 12.3 Å². The maximum absolute atomic E-state index is 11.8. The highest BCUT2D eigenvalue weighted by molar-refractivity contribution is 14.1. The van der Waals surface area contributed by atoms with Gasteiger partial charge in [-0.15, -0.1) is 0 Å². The number of nitrogens with zero attached hydrogens (tertiary/aromatic N) is 1. The Labute approximate surface area is 119 Å².